The van der Waals surface area contributed by atoms with Crippen LogP contribution in [-0.4, -0.2) is 38.1 Å². The van der Waals surface area contributed by atoms with Crippen LogP contribution in [0.1, 0.15) is 0 Å². The molecule has 0 aliphatic heterocycles. The largest absolute Gasteiger partial charge is 0.252 e. The fourth-order valence-corrected chi connectivity index (χ4v) is 3.04. The molecule has 0 aliphatic rings. The number of nitrogens with zero attached hydrogens (tertiary/aromatic N) is 1. The van der Waals surface area contributed by atoms with Crippen LogP contribution in [0.15, 0.2) is 29.2 Å². The molecule has 0 N–H and O–H groups in total. The van der Waals surface area contributed by atoms with Gasteiger partial charge in [-0.25, -0.2) is 21.6 Å². The molecule has 1 rings (SSSR count). The molecule has 1 aromatic rings. The lowest BCUT2D eigenvalue weighted by atomic mass is 10.4. The Kier molecular flexibility index (Phi) is 5.43. The number of alkyl halides is 3. The fourth-order valence-electron chi connectivity index (χ4n) is 1.31. The highest BCUT2D eigenvalue weighted by Gasteiger charge is 2.26. The second-order valence-electron chi connectivity index (χ2n) is 3.40. The highest BCUT2D eigenvalue weighted by molar-refractivity contribution is 7.89. The zero-order valence-corrected chi connectivity index (χ0v) is 10.8. The van der Waals surface area contributed by atoms with E-state index in [-0.39, 0.29) is 17.3 Å². The van der Waals surface area contributed by atoms with Gasteiger partial charge in [0.2, 0.25) is 10.0 Å². The van der Waals surface area contributed by atoms with Gasteiger partial charge in [-0.2, -0.15) is 4.31 Å². The van der Waals surface area contributed by atoms with Crippen molar-refractivity contribution in [3.63, 3.8) is 0 Å². The van der Waals surface area contributed by atoms with Crippen LogP contribution in [0.3, 0.4) is 0 Å². The lowest BCUT2D eigenvalue weighted by molar-refractivity contribution is 0.121. The summed E-state index contributed by atoms with van der Waals surface area (Å²) in [5, 5.41) is 0. The van der Waals surface area contributed by atoms with Gasteiger partial charge in [0.1, 0.15) is 5.82 Å². The van der Waals surface area contributed by atoms with E-state index in [1.807, 2.05) is 0 Å². The quantitative estimate of drug-likeness (QED) is 0.756. The van der Waals surface area contributed by atoms with Crippen molar-refractivity contribution in [2.75, 3.05) is 19.0 Å². The first-order valence-electron chi connectivity index (χ1n) is 4.97. The average molecular weight is 302 g/mol. The van der Waals surface area contributed by atoms with Gasteiger partial charge >= 0.3 is 0 Å². The number of halogens is 4. The summed E-state index contributed by atoms with van der Waals surface area (Å²) in [5.41, 5.74) is 0. The molecule has 1 aromatic carbocycles. The van der Waals surface area contributed by atoms with Crippen molar-refractivity contribution in [1.82, 2.24) is 4.31 Å². The van der Waals surface area contributed by atoms with E-state index in [4.69, 9.17) is 11.6 Å². The summed E-state index contributed by atoms with van der Waals surface area (Å²) >= 11 is 5.39. The van der Waals surface area contributed by atoms with Crippen molar-refractivity contribution in [1.29, 1.82) is 0 Å². The van der Waals surface area contributed by atoms with Crippen LogP contribution in [0.25, 0.3) is 0 Å². The molecular weight excluding hydrogens is 291 g/mol. The van der Waals surface area contributed by atoms with Gasteiger partial charge in [-0.1, -0.05) is 0 Å². The molecule has 102 valence electrons. The van der Waals surface area contributed by atoms with Crippen LogP contribution >= 0.6 is 11.6 Å². The molecule has 0 spiro atoms. The SMILES string of the molecule is O=S(=O)(c1ccc(F)cc1)N(CCCl)CC(F)F. The van der Waals surface area contributed by atoms with E-state index in [0.29, 0.717) is 4.31 Å². The summed E-state index contributed by atoms with van der Waals surface area (Å²) in [4.78, 5) is -0.241. The van der Waals surface area contributed by atoms with Gasteiger partial charge in [-0.3, -0.25) is 0 Å². The van der Waals surface area contributed by atoms with E-state index in [1.54, 1.807) is 0 Å². The van der Waals surface area contributed by atoms with Gasteiger partial charge < -0.3 is 0 Å². The summed E-state index contributed by atoms with van der Waals surface area (Å²) in [5.74, 6) is -0.709. The Hall–Kier alpha value is -0.790. The van der Waals surface area contributed by atoms with E-state index >= 15 is 0 Å². The maximum atomic E-state index is 12.7. The summed E-state index contributed by atoms with van der Waals surface area (Å²) < 4.78 is 61.8. The Balaban J connectivity index is 3.04. The highest BCUT2D eigenvalue weighted by atomic mass is 35.5. The van der Waals surface area contributed by atoms with E-state index in [9.17, 15) is 21.6 Å². The molecule has 8 heteroatoms. The van der Waals surface area contributed by atoms with Gasteiger partial charge in [0, 0.05) is 12.4 Å². The van der Waals surface area contributed by atoms with Crippen molar-refractivity contribution >= 4 is 21.6 Å². The van der Waals surface area contributed by atoms with Crippen LogP contribution in [-0.2, 0) is 10.0 Å². The Morgan fingerprint density at radius 2 is 1.78 bits per heavy atom. The van der Waals surface area contributed by atoms with Crippen molar-refractivity contribution in [3.05, 3.63) is 30.1 Å². The molecule has 0 aromatic heterocycles. The summed E-state index contributed by atoms with van der Waals surface area (Å²) in [6, 6.07) is 3.96. The molecule has 0 amide bonds. The molecule has 0 unspecified atom stereocenters. The average Bonchev–Trinajstić information content (AvgIpc) is 2.28. The molecule has 0 radical (unpaired) electrons. The smallest absolute Gasteiger partial charge is 0.209 e. The van der Waals surface area contributed by atoms with Crippen LogP contribution < -0.4 is 0 Å². The Morgan fingerprint density at radius 3 is 2.22 bits per heavy atom. The first-order chi connectivity index (χ1) is 8.37. The van der Waals surface area contributed by atoms with Gasteiger partial charge in [0.25, 0.3) is 6.43 Å². The standard InChI is InChI=1S/C10H11ClF3NO2S/c11-5-6-15(7-10(13)14)18(16,17)9-3-1-8(12)2-4-9/h1-4,10H,5-7H2. The molecule has 0 aliphatic carbocycles. The summed E-state index contributed by atoms with van der Waals surface area (Å²) in [6.45, 7) is -1.17. The molecule has 18 heavy (non-hydrogen) atoms. The molecule has 0 fully saturated rings. The third-order valence-corrected chi connectivity index (χ3v) is 4.18. The number of hydrogen-bond donors (Lipinski definition) is 0. The molecular formula is C10H11ClF3NO2S. The Bertz CT molecular complexity index is 478. The molecule has 0 saturated carbocycles. The number of benzene rings is 1. The first-order valence-corrected chi connectivity index (χ1v) is 6.95. The molecule has 3 nitrogen and oxygen atoms in total. The zero-order chi connectivity index (χ0) is 13.8. The normalized spacial score (nSPS) is 12.3. The minimum atomic E-state index is -4.07. The minimum absolute atomic E-state index is 0.104. The predicted molar refractivity (Wildman–Crippen MR) is 61.9 cm³/mol. The molecule has 0 heterocycles. The van der Waals surface area contributed by atoms with Gasteiger partial charge in [-0.05, 0) is 24.3 Å². The van der Waals surface area contributed by atoms with Crippen LogP contribution in [0.2, 0.25) is 0 Å². The second-order valence-corrected chi connectivity index (χ2v) is 5.71. The molecule has 0 atom stereocenters. The maximum Gasteiger partial charge on any atom is 0.252 e. The topological polar surface area (TPSA) is 37.4 Å². The Labute approximate surface area is 108 Å². The predicted octanol–water partition coefficient (Wildman–Crippen LogP) is 2.32. The third kappa shape index (κ3) is 3.86. The lowest BCUT2D eigenvalue weighted by Crippen LogP contribution is -2.36. The van der Waals surface area contributed by atoms with Crippen LogP contribution in [0, 0.1) is 5.82 Å². The van der Waals surface area contributed by atoms with Crippen molar-refractivity contribution in [2.24, 2.45) is 0 Å². The molecule has 0 saturated heterocycles. The van der Waals surface area contributed by atoms with Crippen molar-refractivity contribution < 1.29 is 21.6 Å². The number of hydrogen-bond acceptors (Lipinski definition) is 2. The van der Waals surface area contributed by atoms with Crippen molar-refractivity contribution in [2.45, 2.75) is 11.3 Å². The monoisotopic (exact) mass is 301 g/mol. The third-order valence-electron chi connectivity index (χ3n) is 2.13. The maximum absolute atomic E-state index is 12.7. The van der Waals surface area contributed by atoms with E-state index in [0.717, 1.165) is 24.3 Å². The van der Waals surface area contributed by atoms with E-state index in [2.05, 4.69) is 0 Å². The number of sulfonamides is 1. The summed E-state index contributed by atoms with van der Waals surface area (Å²) in [6.07, 6.45) is -2.80. The fraction of sp³-hybridized carbons (Fsp3) is 0.400. The second kappa shape index (κ2) is 6.40. The highest BCUT2D eigenvalue weighted by Crippen LogP contribution is 2.17. The minimum Gasteiger partial charge on any atom is -0.209 e. The van der Waals surface area contributed by atoms with Gasteiger partial charge in [0.05, 0.1) is 11.4 Å². The first kappa shape index (κ1) is 15.3. The summed E-state index contributed by atoms with van der Waals surface area (Å²) in [7, 11) is -4.07. The molecule has 0 bridgehead atoms. The number of rotatable bonds is 6. The van der Waals surface area contributed by atoms with Gasteiger partial charge in [0.15, 0.2) is 0 Å². The van der Waals surface area contributed by atoms with Gasteiger partial charge in [-0.15, -0.1) is 11.6 Å². The van der Waals surface area contributed by atoms with Crippen molar-refractivity contribution in [3.8, 4) is 0 Å². The van der Waals surface area contributed by atoms with Crippen LogP contribution in [0.5, 0.6) is 0 Å². The lowest BCUT2D eigenvalue weighted by Gasteiger charge is -2.20. The zero-order valence-electron chi connectivity index (χ0n) is 9.19. The Morgan fingerprint density at radius 1 is 1.22 bits per heavy atom. The van der Waals surface area contributed by atoms with E-state index in [1.165, 1.54) is 0 Å². The van der Waals surface area contributed by atoms with E-state index < -0.39 is 28.8 Å². The van der Waals surface area contributed by atoms with Crippen LogP contribution in [0.4, 0.5) is 13.2 Å².